The highest BCUT2D eigenvalue weighted by molar-refractivity contribution is 6.20. The number of hydrazine groups is 1. The van der Waals surface area contributed by atoms with Crippen molar-refractivity contribution in [1.29, 1.82) is 0 Å². The minimum absolute atomic E-state index is 0.00539. The smallest absolute Gasteiger partial charge is 0.241 e. The Hall–Kier alpha value is -1.00. The summed E-state index contributed by atoms with van der Waals surface area (Å²) in [7, 11) is 3.52. The first-order valence-electron chi connectivity index (χ1n) is 11.9. The molecule has 5 aliphatic rings. The molecule has 2 saturated carbocycles. The Kier molecular flexibility index (Phi) is 6.16. The first kappa shape index (κ1) is 22.8. The van der Waals surface area contributed by atoms with Gasteiger partial charge in [-0.25, -0.2) is 9.82 Å². The number of ether oxygens (including phenoxy) is 1. The largest absolute Gasteiger partial charge is 0.382 e. The van der Waals surface area contributed by atoms with E-state index in [1.807, 2.05) is 16.8 Å². The summed E-state index contributed by atoms with van der Waals surface area (Å²) in [5.41, 5.74) is 6.29. The topological polar surface area (TPSA) is 85.9 Å². The molecule has 5 fully saturated rings. The lowest BCUT2D eigenvalue weighted by molar-refractivity contribution is -0.140. The van der Waals surface area contributed by atoms with Gasteiger partial charge in [-0.2, -0.15) is 0 Å². The highest BCUT2D eigenvalue weighted by Crippen LogP contribution is 2.42. The summed E-state index contributed by atoms with van der Waals surface area (Å²) >= 11 is 6.21. The van der Waals surface area contributed by atoms with Gasteiger partial charge in [-0.1, -0.05) is 0 Å². The number of carbonyl (C=O) groups excluding carboxylic acids is 2. The van der Waals surface area contributed by atoms with Crippen LogP contribution in [0.4, 0.5) is 4.39 Å². The van der Waals surface area contributed by atoms with Crippen LogP contribution in [-0.4, -0.2) is 96.7 Å². The van der Waals surface area contributed by atoms with Crippen molar-refractivity contribution in [3.63, 3.8) is 0 Å². The van der Waals surface area contributed by atoms with Crippen molar-refractivity contribution in [2.45, 2.75) is 79.8 Å². The summed E-state index contributed by atoms with van der Waals surface area (Å²) in [5, 5.41) is 3.20. The minimum atomic E-state index is -0.949. The van der Waals surface area contributed by atoms with Crippen molar-refractivity contribution in [2.75, 3.05) is 33.9 Å². The maximum atomic E-state index is 14.5. The number of likely N-dealkylation sites (tertiary alicyclic amines) is 1. The number of likely N-dealkylation sites (N-methyl/N-ethyl adjacent to an activating group) is 1. The summed E-state index contributed by atoms with van der Waals surface area (Å²) in [6.45, 7) is 1.71. The molecule has 3 N–H and O–H groups in total. The van der Waals surface area contributed by atoms with E-state index in [2.05, 4.69) is 16.2 Å². The molecule has 0 aromatic heterocycles. The number of piperidine rings is 1. The number of halogens is 2. The molecule has 0 aromatic carbocycles. The molecule has 2 aliphatic carbocycles. The second-order valence-electron chi connectivity index (χ2n) is 10.5. The SMILES string of the molecule is COCC1(N(C)C(=O)C2NNC3CCN(C(=O)C4CC5C(F)CC(Cl)CC5N4)CC32)CC1. The van der Waals surface area contributed by atoms with E-state index in [1.54, 1.807) is 7.11 Å². The number of hydrogen-bond donors (Lipinski definition) is 3. The van der Waals surface area contributed by atoms with E-state index >= 15 is 0 Å². The molecule has 0 spiro atoms. The number of nitrogens with one attached hydrogen (secondary N) is 3. The van der Waals surface area contributed by atoms with Crippen LogP contribution in [0.25, 0.3) is 0 Å². The Labute approximate surface area is 193 Å². The van der Waals surface area contributed by atoms with Gasteiger partial charge in [-0.3, -0.25) is 15.0 Å². The predicted octanol–water partition coefficient (Wildman–Crippen LogP) is 0.403. The molecule has 0 radical (unpaired) electrons. The zero-order valence-electron chi connectivity index (χ0n) is 18.9. The molecule has 2 amide bonds. The summed E-state index contributed by atoms with van der Waals surface area (Å²) in [6.07, 6.45) is 3.36. The molecule has 180 valence electrons. The number of rotatable bonds is 5. The van der Waals surface area contributed by atoms with Gasteiger partial charge in [-0.05, 0) is 38.5 Å². The lowest BCUT2D eigenvalue weighted by Crippen LogP contribution is -2.56. The van der Waals surface area contributed by atoms with Crippen molar-refractivity contribution in [1.82, 2.24) is 26.0 Å². The third-order valence-electron chi connectivity index (χ3n) is 8.56. The van der Waals surface area contributed by atoms with Gasteiger partial charge < -0.3 is 19.9 Å². The summed E-state index contributed by atoms with van der Waals surface area (Å²) in [6, 6.07) is -0.606. The Bertz CT molecular complexity index is 755. The second kappa shape index (κ2) is 8.65. The lowest BCUT2D eigenvalue weighted by atomic mass is 9.83. The van der Waals surface area contributed by atoms with E-state index in [9.17, 15) is 14.0 Å². The van der Waals surface area contributed by atoms with Crippen LogP contribution in [0.1, 0.15) is 38.5 Å². The van der Waals surface area contributed by atoms with Crippen molar-refractivity contribution in [3.8, 4) is 0 Å². The number of hydrogen-bond acceptors (Lipinski definition) is 6. The third-order valence-corrected chi connectivity index (χ3v) is 8.92. The van der Waals surface area contributed by atoms with E-state index in [4.69, 9.17) is 16.3 Å². The number of nitrogens with zero attached hydrogens (tertiary/aromatic N) is 2. The van der Waals surface area contributed by atoms with Crippen molar-refractivity contribution in [2.24, 2.45) is 11.8 Å². The molecule has 0 bridgehead atoms. The highest BCUT2D eigenvalue weighted by Gasteiger charge is 2.53. The summed E-state index contributed by atoms with van der Waals surface area (Å²) < 4.78 is 19.8. The van der Waals surface area contributed by atoms with Crippen LogP contribution in [0.2, 0.25) is 0 Å². The van der Waals surface area contributed by atoms with Crippen LogP contribution in [0.15, 0.2) is 0 Å². The average molecular weight is 472 g/mol. The molecule has 3 saturated heterocycles. The molecular weight excluding hydrogens is 437 g/mol. The van der Waals surface area contributed by atoms with Crippen LogP contribution < -0.4 is 16.2 Å². The molecule has 8 unspecified atom stereocenters. The fourth-order valence-corrected chi connectivity index (χ4v) is 6.75. The molecule has 5 rings (SSSR count). The van der Waals surface area contributed by atoms with Crippen LogP contribution in [0.5, 0.6) is 0 Å². The van der Waals surface area contributed by atoms with Gasteiger partial charge in [0.15, 0.2) is 0 Å². The van der Waals surface area contributed by atoms with Crippen molar-refractivity contribution < 1.29 is 18.7 Å². The zero-order valence-corrected chi connectivity index (χ0v) is 19.6. The Morgan fingerprint density at radius 2 is 1.97 bits per heavy atom. The maximum absolute atomic E-state index is 14.5. The number of alkyl halides is 2. The quantitative estimate of drug-likeness (QED) is 0.503. The van der Waals surface area contributed by atoms with Crippen LogP contribution >= 0.6 is 11.6 Å². The molecule has 8 atom stereocenters. The molecule has 10 heteroatoms. The van der Waals surface area contributed by atoms with Crippen molar-refractivity contribution >= 4 is 23.4 Å². The van der Waals surface area contributed by atoms with E-state index in [0.29, 0.717) is 39.0 Å². The Morgan fingerprint density at radius 3 is 2.69 bits per heavy atom. The minimum Gasteiger partial charge on any atom is -0.382 e. The van der Waals surface area contributed by atoms with E-state index in [0.717, 1.165) is 19.3 Å². The first-order valence-corrected chi connectivity index (χ1v) is 12.4. The number of fused-ring (bicyclic) bond motifs is 2. The predicted molar refractivity (Wildman–Crippen MR) is 118 cm³/mol. The normalized spacial score (nSPS) is 42.3. The average Bonchev–Trinajstić information content (AvgIpc) is 3.23. The van der Waals surface area contributed by atoms with E-state index < -0.39 is 6.17 Å². The number of amides is 2. The summed E-state index contributed by atoms with van der Waals surface area (Å²) in [5.74, 6) is -0.0522. The maximum Gasteiger partial charge on any atom is 0.241 e. The molecule has 32 heavy (non-hydrogen) atoms. The molecule has 0 aromatic rings. The molecule has 8 nitrogen and oxygen atoms in total. The fourth-order valence-electron chi connectivity index (χ4n) is 6.39. The lowest BCUT2D eigenvalue weighted by Gasteiger charge is -2.38. The zero-order chi connectivity index (χ0) is 22.6. The van der Waals surface area contributed by atoms with Gasteiger partial charge in [0.25, 0.3) is 0 Å². The van der Waals surface area contributed by atoms with Gasteiger partial charge in [0.05, 0.1) is 18.2 Å². The molecule has 3 heterocycles. The highest BCUT2D eigenvalue weighted by atomic mass is 35.5. The molecule has 3 aliphatic heterocycles. The third kappa shape index (κ3) is 3.94. The van der Waals surface area contributed by atoms with Crippen LogP contribution in [-0.2, 0) is 14.3 Å². The second-order valence-corrected chi connectivity index (χ2v) is 11.1. The van der Waals surface area contributed by atoms with Gasteiger partial charge in [0, 0.05) is 56.5 Å². The Morgan fingerprint density at radius 1 is 1.19 bits per heavy atom. The van der Waals surface area contributed by atoms with Gasteiger partial charge in [-0.15, -0.1) is 11.6 Å². The van der Waals surface area contributed by atoms with Crippen molar-refractivity contribution in [3.05, 3.63) is 0 Å². The first-order chi connectivity index (χ1) is 15.3. The van der Waals surface area contributed by atoms with Crippen LogP contribution in [0, 0.1) is 11.8 Å². The number of carbonyl (C=O) groups is 2. The van der Waals surface area contributed by atoms with Gasteiger partial charge >= 0.3 is 0 Å². The van der Waals surface area contributed by atoms with E-state index in [-0.39, 0.29) is 58.7 Å². The standard InChI is InChI=1S/C22H35ClFN5O3/c1-28(22(4-5-22)11-32-2)21(31)19-14-10-29(6-3-16(14)26-27-19)20(30)18-9-13-15(24)7-12(23)8-17(13)25-18/h12-19,25-27H,3-11H2,1-2H3. The van der Waals surface area contributed by atoms with E-state index in [1.165, 1.54) is 0 Å². The molecular formula is C22H35ClFN5O3. The number of methoxy groups -OCH3 is 1. The van der Waals surface area contributed by atoms with Gasteiger partial charge in [0.2, 0.25) is 11.8 Å². The Balaban J connectivity index is 1.23. The summed E-state index contributed by atoms with van der Waals surface area (Å²) in [4.78, 5) is 30.4. The van der Waals surface area contributed by atoms with Gasteiger partial charge in [0.1, 0.15) is 12.2 Å². The monoisotopic (exact) mass is 471 g/mol. The fraction of sp³-hybridized carbons (Fsp3) is 0.909. The van der Waals surface area contributed by atoms with Crippen LogP contribution in [0.3, 0.4) is 0 Å².